The minimum absolute atomic E-state index is 0.608. The third-order valence-electron chi connectivity index (χ3n) is 5.45. The van der Waals surface area contributed by atoms with E-state index in [0.717, 1.165) is 24.4 Å². The van der Waals surface area contributed by atoms with Crippen molar-refractivity contribution in [2.45, 2.75) is 58.5 Å². The van der Waals surface area contributed by atoms with Gasteiger partial charge in [0, 0.05) is 6.61 Å². The van der Waals surface area contributed by atoms with Gasteiger partial charge in [-0.1, -0.05) is 20.3 Å². The number of hydrogen-bond donors (Lipinski definition) is 0. The average molecular weight is 208 g/mol. The zero-order chi connectivity index (χ0) is 10.5. The number of hydrogen-bond acceptors (Lipinski definition) is 1. The molecule has 0 spiro atoms. The van der Waals surface area contributed by atoms with Gasteiger partial charge in [0.15, 0.2) is 0 Å². The molecule has 15 heavy (non-hydrogen) atoms. The molecule has 0 N–H and O–H groups in total. The molecule has 86 valence electrons. The molecule has 1 nitrogen and oxygen atoms in total. The Hall–Kier alpha value is -0.0400. The van der Waals surface area contributed by atoms with Crippen molar-refractivity contribution in [1.29, 1.82) is 0 Å². The van der Waals surface area contributed by atoms with Crippen molar-refractivity contribution in [3.63, 3.8) is 0 Å². The highest BCUT2D eigenvalue weighted by molar-refractivity contribution is 4.98. The van der Waals surface area contributed by atoms with Gasteiger partial charge in [0.2, 0.25) is 0 Å². The molecule has 1 aliphatic heterocycles. The van der Waals surface area contributed by atoms with E-state index in [1.54, 1.807) is 0 Å². The van der Waals surface area contributed by atoms with Crippen LogP contribution in [0, 0.1) is 23.2 Å². The summed E-state index contributed by atoms with van der Waals surface area (Å²) in [7, 11) is 0. The van der Waals surface area contributed by atoms with E-state index in [1.165, 1.54) is 38.5 Å². The summed E-state index contributed by atoms with van der Waals surface area (Å²) in [4.78, 5) is 0. The van der Waals surface area contributed by atoms with Crippen LogP contribution in [0.3, 0.4) is 0 Å². The third kappa shape index (κ3) is 1.54. The molecular formula is C14H24O. The zero-order valence-electron chi connectivity index (χ0n) is 10.2. The Morgan fingerprint density at radius 3 is 2.73 bits per heavy atom. The van der Waals surface area contributed by atoms with Crippen LogP contribution in [0.1, 0.15) is 52.4 Å². The lowest BCUT2D eigenvalue weighted by molar-refractivity contribution is -0.0437. The van der Waals surface area contributed by atoms with Gasteiger partial charge in [0.1, 0.15) is 0 Å². The van der Waals surface area contributed by atoms with Crippen molar-refractivity contribution in [3.8, 4) is 0 Å². The summed E-state index contributed by atoms with van der Waals surface area (Å²) in [5.41, 5.74) is 0.608. The molecule has 0 aromatic heterocycles. The largest absolute Gasteiger partial charge is 0.378 e. The lowest BCUT2D eigenvalue weighted by Crippen LogP contribution is -2.44. The lowest BCUT2D eigenvalue weighted by atomic mass is 9.55. The Bertz CT molecular complexity index is 246. The quantitative estimate of drug-likeness (QED) is 0.590. The van der Waals surface area contributed by atoms with Gasteiger partial charge in [-0.15, -0.1) is 0 Å². The first-order chi connectivity index (χ1) is 7.18. The number of ether oxygens (including phenoxy) is 1. The molecule has 0 aromatic rings. The van der Waals surface area contributed by atoms with Crippen LogP contribution < -0.4 is 0 Å². The summed E-state index contributed by atoms with van der Waals surface area (Å²) in [5.74, 6) is 2.91. The maximum Gasteiger partial charge on any atom is 0.0607 e. The number of rotatable bonds is 0. The summed E-state index contributed by atoms with van der Waals surface area (Å²) in [5, 5.41) is 0. The van der Waals surface area contributed by atoms with Crippen LogP contribution >= 0.6 is 0 Å². The predicted molar refractivity (Wildman–Crippen MR) is 61.7 cm³/mol. The van der Waals surface area contributed by atoms with Crippen molar-refractivity contribution in [3.05, 3.63) is 0 Å². The molecule has 4 atom stereocenters. The first kappa shape index (κ1) is 10.1. The minimum Gasteiger partial charge on any atom is -0.378 e. The SMILES string of the molecule is CC1(C)CCCC2C1CCC1OCC[C@H]12. The van der Waals surface area contributed by atoms with Gasteiger partial charge in [-0.25, -0.2) is 0 Å². The van der Waals surface area contributed by atoms with Gasteiger partial charge in [-0.3, -0.25) is 0 Å². The lowest BCUT2D eigenvalue weighted by Gasteiger charge is -2.50. The van der Waals surface area contributed by atoms with Crippen LogP contribution in [-0.4, -0.2) is 12.7 Å². The Kier molecular flexibility index (Phi) is 2.35. The third-order valence-corrected chi connectivity index (χ3v) is 5.45. The van der Waals surface area contributed by atoms with Gasteiger partial charge in [0.05, 0.1) is 6.10 Å². The first-order valence-electron chi connectivity index (χ1n) is 6.80. The molecule has 1 saturated heterocycles. The van der Waals surface area contributed by atoms with Gasteiger partial charge in [0.25, 0.3) is 0 Å². The Balaban J connectivity index is 1.83. The zero-order valence-corrected chi connectivity index (χ0v) is 10.2. The van der Waals surface area contributed by atoms with Crippen molar-refractivity contribution >= 4 is 0 Å². The fourth-order valence-electron chi connectivity index (χ4n) is 4.67. The van der Waals surface area contributed by atoms with E-state index < -0.39 is 0 Å². The van der Waals surface area contributed by atoms with Crippen LogP contribution in [0.5, 0.6) is 0 Å². The van der Waals surface area contributed by atoms with E-state index in [4.69, 9.17) is 4.74 Å². The predicted octanol–water partition coefficient (Wildman–Crippen LogP) is 3.63. The van der Waals surface area contributed by atoms with E-state index >= 15 is 0 Å². The molecule has 2 saturated carbocycles. The fraction of sp³-hybridized carbons (Fsp3) is 1.00. The number of fused-ring (bicyclic) bond motifs is 3. The van der Waals surface area contributed by atoms with Crippen LogP contribution in [0.15, 0.2) is 0 Å². The maximum atomic E-state index is 5.87. The second-order valence-corrected chi connectivity index (χ2v) is 6.59. The summed E-state index contributed by atoms with van der Waals surface area (Å²) in [6, 6.07) is 0. The van der Waals surface area contributed by atoms with E-state index in [1.807, 2.05) is 0 Å². The molecule has 3 rings (SSSR count). The molecule has 0 amide bonds. The maximum absolute atomic E-state index is 5.87. The van der Waals surface area contributed by atoms with Crippen molar-refractivity contribution in [1.82, 2.24) is 0 Å². The van der Waals surface area contributed by atoms with Crippen molar-refractivity contribution in [2.24, 2.45) is 23.2 Å². The molecule has 3 aliphatic rings. The highest BCUT2D eigenvalue weighted by Gasteiger charge is 2.48. The Morgan fingerprint density at radius 1 is 1.00 bits per heavy atom. The Morgan fingerprint density at radius 2 is 1.87 bits per heavy atom. The Labute approximate surface area is 93.6 Å². The van der Waals surface area contributed by atoms with E-state index in [2.05, 4.69) is 13.8 Å². The van der Waals surface area contributed by atoms with Gasteiger partial charge >= 0.3 is 0 Å². The minimum atomic E-state index is 0.608. The second-order valence-electron chi connectivity index (χ2n) is 6.59. The summed E-state index contributed by atoms with van der Waals surface area (Å²) in [6.07, 6.45) is 9.15. The molecule has 1 heteroatoms. The highest BCUT2D eigenvalue weighted by atomic mass is 16.5. The fourth-order valence-corrected chi connectivity index (χ4v) is 4.67. The van der Waals surface area contributed by atoms with Crippen molar-refractivity contribution in [2.75, 3.05) is 6.61 Å². The summed E-state index contributed by atoms with van der Waals surface area (Å²) < 4.78 is 5.87. The summed E-state index contributed by atoms with van der Waals surface area (Å²) in [6.45, 7) is 6.04. The molecular weight excluding hydrogens is 184 g/mol. The van der Waals surface area contributed by atoms with E-state index in [9.17, 15) is 0 Å². The molecule has 3 fully saturated rings. The first-order valence-corrected chi connectivity index (χ1v) is 6.80. The van der Waals surface area contributed by atoms with E-state index in [0.29, 0.717) is 11.5 Å². The van der Waals surface area contributed by atoms with Gasteiger partial charge in [-0.2, -0.15) is 0 Å². The molecule has 0 bridgehead atoms. The van der Waals surface area contributed by atoms with Gasteiger partial charge < -0.3 is 4.74 Å². The van der Waals surface area contributed by atoms with Crippen molar-refractivity contribution < 1.29 is 4.74 Å². The van der Waals surface area contributed by atoms with E-state index in [-0.39, 0.29) is 0 Å². The van der Waals surface area contributed by atoms with Crippen LogP contribution in [0.2, 0.25) is 0 Å². The topological polar surface area (TPSA) is 9.23 Å². The molecule has 0 aromatic carbocycles. The van der Waals surface area contributed by atoms with Crippen LogP contribution in [0.4, 0.5) is 0 Å². The van der Waals surface area contributed by atoms with Crippen LogP contribution in [-0.2, 0) is 4.74 Å². The monoisotopic (exact) mass is 208 g/mol. The highest BCUT2D eigenvalue weighted by Crippen LogP contribution is 2.54. The molecule has 0 radical (unpaired) electrons. The summed E-state index contributed by atoms with van der Waals surface area (Å²) >= 11 is 0. The second kappa shape index (κ2) is 3.48. The smallest absolute Gasteiger partial charge is 0.0607 e. The normalized spacial score (nSPS) is 48.4. The standard InChI is InChI=1S/C14H24O/c1-14(2)8-3-4-10-11-7-9-15-13(11)6-5-12(10)14/h10-13H,3-9H2,1-2H3/t10?,11-,12?,13?/m0/s1. The van der Waals surface area contributed by atoms with Gasteiger partial charge in [-0.05, 0) is 55.3 Å². The molecule has 1 heterocycles. The average Bonchev–Trinajstić information content (AvgIpc) is 2.65. The van der Waals surface area contributed by atoms with Crippen LogP contribution in [0.25, 0.3) is 0 Å². The molecule has 3 unspecified atom stereocenters. The molecule has 2 aliphatic carbocycles.